The highest BCUT2D eigenvalue weighted by molar-refractivity contribution is 5.77. The smallest absolute Gasteiger partial charge is 0.134 e. The van der Waals surface area contributed by atoms with Crippen LogP contribution >= 0.6 is 0 Å². The van der Waals surface area contributed by atoms with E-state index in [1.165, 1.54) is 6.42 Å². The van der Waals surface area contributed by atoms with Crippen LogP contribution in [0.15, 0.2) is 34.7 Å². The van der Waals surface area contributed by atoms with Crippen LogP contribution in [-0.4, -0.2) is 0 Å². The molecule has 0 saturated carbocycles. The standard InChI is InChI=1S/C15H21NO/c1-11(2)6-5-8-13(16)15-10-12-7-3-4-9-14(12)17-15/h3-4,7,9-11,13H,5-6,8,16H2,1-2H3. The highest BCUT2D eigenvalue weighted by Crippen LogP contribution is 2.25. The van der Waals surface area contributed by atoms with Crippen LogP contribution in [-0.2, 0) is 0 Å². The summed E-state index contributed by atoms with van der Waals surface area (Å²) in [6.45, 7) is 4.49. The first-order valence-corrected chi connectivity index (χ1v) is 6.41. The summed E-state index contributed by atoms with van der Waals surface area (Å²) in [7, 11) is 0. The third kappa shape index (κ3) is 3.10. The molecule has 2 heteroatoms. The topological polar surface area (TPSA) is 39.2 Å². The van der Waals surface area contributed by atoms with Crippen molar-refractivity contribution in [3.63, 3.8) is 0 Å². The first-order valence-electron chi connectivity index (χ1n) is 6.41. The molecular weight excluding hydrogens is 210 g/mol. The van der Waals surface area contributed by atoms with Crippen molar-refractivity contribution in [1.82, 2.24) is 0 Å². The minimum atomic E-state index is 0.0288. The molecule has 1 aromatic heterocycles. The summed E-state index contributed by atoms with van der Waals surface area (Å²) in [5.74, 6) is 1.66. The molecule has 1 aromatic carbocycles. The van der Waals surface area contributed by atoms with Crippen LogP contribution in [0.4, 0.5) is 0 Å². The van der Waals surface area contributed by atoms with Crippen molar-refractivity contribution >= 4 is 11.0 Å². The zero-order chi connectivity index (χ0) is 12.3. The molecule has 0 aliphatic carbocycles. The molecule has 92 valence electrons. The number of fused-ring (bicyclic) bond motifs is 1. The molecule has 1 atom stereocenters. The fourth-order valence-electron chi connectivity index (χ4n) is 2.07. The molecule has 0 amide bonds. The van der Waals surface area contributed by atoms with Crippen LogP contribution in [0.25, 0.3) is 11.0 Å². The fraction of sp³-hybridized carbons (Fsp3) is 0.467. The average molecular weight is 231 g/mol. The lowest BCUT2D eigenvalue weighted by molar-refractivity contribution is 0.445. The van der Waals surface area contributed by atoms with Crippen molar-refractivity contribution in [2.24, 2.45) is 11.7 Å². The summed E-state index contributed by atoms with van der Waals surface area (Å²) in [4.78, 5) is 0. The monoisotopic (exact) mass is 231 g/mol. The molecule has 2 rings (SSSR count). The lowest BCUT2D eigenvalue weighted by Crippen LogP contribution is -2.09. The maximum absolute atomic E-state index is 6.15. The molecule has 17 heavy (non-hydrogen) atoms. The van der Waals surface area contributed by atoms with Crippen LogP contribution in [0.5, 0.6) is 0 Å². The van der Waals surface area contributed by atoms with Gasteiger partial charge in [-0.25, -0.2) is 0 Å². The Morgan fingerprint density at radius 2 is 1.94 bits per heavy atom. The van der Waals surface area contributed by atoms with Gasteiger partial charge in [0.2, 0.25) is 0 Å². The summed E-state index contributed by atoms with van der Waals surface area (Å²) < 4.78 is 5.76. The van der Waals surface area contributed by atoms with Gasteiger partial charge in [0, 0.05) is 5.39 Å². The van der Waals surface area contributed by atoms with Gasteiger partial charge in [-0.2, -0.15) is 0 Å². The highest BCUT2D eigenvalue weighted by atomic mass is 16.3. The maximum atomic E-state index is 6.15. The van der Waals surface area contributed by atoms with Crippen molar-refractivity contribution in [2.45, 2.75) is 39.2 Å². The lowest BCUT2D eigenvalue weighted by atomic mass is 10.0. The first kappa shape index (κ1) is 12.2. The second-order valence-corrected chi connectivity index (χ2v) is 5.12. The zero-order valence-electron chi connectivity index (χ0n) is 10.6. The van der Waals surface area contributed by atoms with Gasteiger partial charge in [0.15, 0.2) is 0 Å². The Balaban J connectivity index is 2.01. The summed E-state index contributed by atoms with van der Waals surface area (Å²) in [6.07, 6.45) is 3.39. The van der Waals surface area contributed by atoms with E-state index in [0.717, 1.165) is 35.5 Å². The molecule has 2 nitrogen and oxygen atoms in total. The largest absolute Gasteiger partial charge is 0.459 e. The average Bonchev–Trinajstić information content (AvgIpc) is 2.71. The third-order valence-corrected chi connectivity index (χ3v) is 3.11. The van der Waals surface area contributed by atoms with Crippen LogP contribution in [0, 0.1) is 5.92 Å². The van der Waals surface area contributed by atoms with Crippen molar-refractivity contribution < 1.29 is 4.42 Å². The van der Waals surface area contributed by atoms with Crippen molar-refractivity contribution in [3.05, 3.63) is 36.1 Å². The van der Waals surface area contributed by atoms with Crippen molar-refractivity contribution in [1.29, 1.82) is 0 Å². The Morgan fingerprint density at radius 1 is 1.18 bits per heavy atom. The second kappa shape index (κ2) is 5.37. The molecule has 1 unspecified atom stereocenters. The van der Waals surface area contributed by atoms with Gasteiger partial charge in [-0.15, -0.1) is 0 Å². The van der Waals surface area contributed by atoms with E-state index >= 15 is 0 Å². The van der Waals surface area contributed by atoms with E-state index in [0.29, 0.717) is 0 Å². The van der Waals surface area contributed by atoms with Gasteiger partial charge >= 0.3 is 0 Å². The normalized spacial score (nSPS) is 13.4. The highest BCUT2D eigenvalue weighted by Gasteiger charge is 2.11. The third-order valence-electron chi connectivity index (χ3n) is 3.11. The molecule has 0 saturated heterocycles. The molecule has 0 fully saturated rings. The summed E-state index contributed by atoms with van der Waals surface area (Å²) >= 11 is 0. The predicted octanol–water partition coefficient (Wildman–Crippen LogP) is 4.26. The van der Waals surface area contributed by atoms with Crippen molar-refractivity contribution in [3.8, 4) is 0 Å². The van der Waals surface area contributed by atoms with Gasteiger partial charge in [-0.3, -0.25) is 0 Å². The molecule has 0 aliphatic rings. The summed E-state index contributed by atoms with van der Waals surface area (Å²) in [5, 5.41) is 1.14. The Labute approximate surface area is 103 Å². The Bertz CT molecular complexity index is 439. The van der Waals surface area contributed by atoms with E-state index in [9.17, 15) is 0 Å². The molecule has 0 radical (unpaired) electrons. The van der Waals surface area contributed by atoms with Gasteiger partial charge < -0.3 is 10.2 Å². The molecule has 0 aliphatic heterocycles. The minimum Gasteiger partial charge on any atom is -0.459 e. The van der Waals surface area contributed by atoms with E-state index in [1.807, 2.05) is 18.2 Å². The second-order valence-electron chi connectivity index (χ2n) is 5.12. The van der Waals surface area contributed by atoms with Crippen LogP contribution in [0.2, 0.25) is 0 Å². The number of hydrogen-bond acceptors (Lipinski definition) is 2. The SMILES string of the molecule is CC(C)CCCC(N)c1cc2ccccc2o1. The van der Waals surface area contributed by atoms with Crippen LogP contribution < -0.4 is 5.73 Å². The van der Waals surface area contributed by atoms with E-state index < -0.39 is 0 Å². The van der Waals surface area contributed by atoms with Crippen molar-refractivity contribution in [2.75, 3.05) is 0 Å². The number of rotatable bonds is 5. The summed E-state index contributed by atoms with van der Waals surface area (Å²) in [5.41, 5.74) is 7.08. The van der Waals surface area contributed by atoms with Gasteiger partial charge in [0.1, 0.15) is 11.3 Å². The number of hydrogen-bond donors (Lipinski definition) is 1. The molecule has 0 bridgehead atoms. The van der Waals surface area contributed by atoms with Crippen LogP contribution in [0.1, 0.15) is 44.9 Å². The van der Waals surface area contributed by atoms with Gasteiger partial charge in [-0.1, -0.05) is 44.9 Å². The Morgan fingerprint density at radius 3 is 2.65 bits per heavy atom. The number of para-hydroxylation sites is 1. The molecule has 2 N–H and O–H groups in total. The zero-order valence-corrected chi connectivity index (χ0v) is 10.6. The van der Waals surface area contributed by atoms with E-state index in [1.54, 1.807) is 0 Å². The van der Waals surface area contributed by atoms with Crippen LogP contribution in [0.3, 0.4) is 0 Å². The minimum absolute atomic E-state index is 0.0288. The number of nitrogens with two attached hydrogens (primary N) is 1. The quantitative estimate of drug-likeness (QED) is 0.835. The maximum Gasteiger partial charge on any atom is 0.134 e. The molecule has 2 aromatic rings. The predicted molar refractivity (Wildman–Crippen MR) is 71.8 cm³/mol. The number of furan rings is 1. The van der Waals surface area contributed by atoms with Gasteiger partial charge in [-0.05, 0) is 24.5 Å². The fourth-order valence-corrected chi connectivity index (χ4v) is 2.07. The molecule has 1 heterocycles. The molecule has 0 spiro atoms. The summed E-state index contributed by atoms with van der Waals surface area (Å²) in [6, 6.07) is 10.1. The van der Waals surface area contributed by atoms with E-state index in [-0.39, 0.29) is 6.04 Å². The molecular formula is C15H21NO. The number of benzene rings is 1. The van der Waals surface area contributed by atoms with Gasteiger partial charge in [0.05, 0.1) is 6.04 Å². The van der Waals surface area contributed by atoms with Gasteiger partial charge in [0.25, 0.3) is 0 Å². The Kier molecular flexibility index (Phi) is 3.85. The van der Waals surface area contributed by atoms with E-state index in [2.05, 4.69) is 26.0 Å². The first-order chi connectivity index (χ1) is 8.16. The van der Waals surface area contributed by atoms with E-state index in [4.69, 9.17) is 10.2 Å². The lowest BCUT2D eigenvalue weighted by Gasteiger charge is -2.09. The Hall–Kier alpha value is -1.28.